The molecule has 35 heavy (non-hydrogen) atoms. The summed E-state index contributed by atoms with van der Waals surface area (Å²) in [7, 11) is 0. The van der Waals surface area contributed by atoms with E-state index in [9.17, 15) is 14.0 Å². The Kier molecular flexibility index (Phi) is 10.5. The van der Waals surface area contributed by atoms with Gasteiger partial charge in [0, 0.05) is 38.7 Å². The highest BCUT2D eigenvalue weighted by Gasteiger charge is 2.31. The smallest absolute Gasteiger partial charge is 0.240 e. The lowest BCUT2D eigenvalue weighted by Gasteiger charge is -2.35. The number of nitrogens with one attached hydrogen (secondary N) is 2. The zero-order valence-corrected chi connectivity index (χ0v) is 20.9. The number of hydrogen-bond acceptors (Lipinski definition) is 4. The second-order valence-electron chi connectivity index (χ2n) is 9.29. The number of piperazine rings is 1. The van der Waals surface area contributed by atoms with Crippen LogP contribution in [0.15, 0.2) is 48.5 Å². The summed E-state index contributed by atoms with van der Waals surface area (Å²) in [6, 6.07) is 13.9. The molecule has 0 spiro atoms. The van der Waals surface area contributed by atoms with Gasteiger partial charge < -0.3 is 20.3 Å². The SMILES string of the molecule is CCCCCCOc1cc(F)cc(C[C@@H](C[C@@H]2NCCN(Cc3ccccc3)C2=O)NC(C)=O)c1. The second kappa shape index (κ2) is 13.8. The van der Waals surface area contributed by atoms with Crippen molar-refractivity contribution in [2.24, 2.45) is 0 Å². The van der Waals surface area contributed by atoms with E-state index in [1.54, 1.807) is 0 Å². The lowest BCUT2D eigenvalue weighted by molar-refractivity contribution is -0.137. The van der Waals surface area contributed by atoms with Crippen molar-refractivity contribution in [2.75, 3.05) is 19.7 Å². The second-order valence-corrected chi connectivity index (χ2v) is 9.29. The maximum Gasteiger partial charge on any atom is 0.240 e. The van der Waals surface area contributed by atoms with Gasteiger partial charge in [-0.05, 0) is 42.5 Å². The number of amides is 2. The molecule has 0 aromatic heterocycles. The summed E-state index contributed by atoms with van der Waals surface area (Å²) in [5, 5.41) is 6.25. The molecular formula is C28H38FN3O3. The van der Waals surface area contributed by atoms with Crippen LogP contribution in [0.25, 0.3) is 0 Å². The van der Waals surface area contributed by atoms with Gasteiger partial charge in [-0.15, -0.1) is 0 Å². The number of unbranched alkanes of at least 4 members (excludes halogenated alkanes) is 3. The number of benzene rings is 2. The first kappa shape index (κ1) is 26.7. The molecule has 1 fully saturated rings. The Morgan fingerprint density at radius 3 is 2.71 bits per heavy atom. The number of nitrogens with zero attached hydrogens (tertiary/aromatic N) is 1. The maximum absolute atomic E-state index is 14.3. The molecule has 1 aliphatic heterocycles. The van der Waals surface area contributed by atoms with Gasteiger partial charge >= 0.3 is 0 Å². The summed E-state index contributed by atoms with van der Waals surface area (Å²) in [4.78, 5) is 26.9. The molecule has 2 aromatic rings. The zero-order valence-electron chi connectivity index (χ0n) is 20.9. The molecule has 7 heteroatoms. The minimum absolute atomic E-state index is 0.0193. The van der Waals surface area contributed by atoms with E-state index in [0.717, 1.165) is 36.8 Å². The van der Waals surface area contributed by atoms with Crippen LogP contribution in [0.2, 0.25) is 0 Å². The van der Waals surface area contributed by atoms with E-state index < -0.39 is 6.04 Å². The fraction of sp³-hybridized carbons (Fsp3) is 0.500. The van der Waals surface area contributed by atoms with Crippen molar-refractivity contribution in [3.63, 3.8) is 0 Å². The Morgan fingerprint density at radius 2 is 1.97 bits per heavy atom. The summed E-state index contributed by atoms with van der Waals surface area (Å²) in [5.74, 6) is -0.0264. The van der Waals surface area contributed by atoms with Gasteiger partial charge in [-0.3, -0.25) is 9.59 Å². The molecule has 0 unspecified atom stereocenters. The minimum Gasteiger partial charge on any atom is -0.493 e. The van der Waals surface area contributed by atoms with Gasteiger partial charge in [0.15, 0.2) is 0 Å². The zero-order chi connectivity index (χ0) is 25.0. The molecule has 2 atom stereocenters. The molecule has 1 aliphatic rings. The average Bonchev–Trinajstić information content (AvgIpc) is 2.81. The standard InChI is InChI=1S/C28H38FN3O3/c1-3-4-5-9-14-35-26-17-23(15-24(29)18-26)16-25(31-21(2)33)19-27-28(34)32(13-12-30-27)20-22-10-7-6-8-11-22/h6-8,10-11,15,17-18,25,27,30H,3-5,9,12-14,16,19-20H2,1-2H3,(H,31,33)/t25-,27-/m0/s1. The van der Waals surface area contributed by atoms with Crippen LogP contribution in [0.1, 0.15) is 57.1 Å². The van der Waals surface area contributed by atoms with Crippen molar-refractivity contribution in [1.29, 1.82) is 0 Å². The Bertz CT molecular complexity index is 954. The largest absolute Gasteiger partial charge is 0.493 e. The minimum atomic E-state index is -0.410. The first-order valence-corrected chi connectivity index (χ1v) is 12.7. The first-order chi connectivity index (χ1) is 16.9. The summed E-state index contributed by atoms with van der Waals surface area (Å²) >= 11 is 0. The Morgan fingerprint density at radius 1 is 1.17 bits per heavy atom. The van der Waals surface area contributed by atoms with Crippen LogP contribution >= 0.6 is 0 Å². The van der Waals surface area contributed by atoms with E-state index in [1.165, 1.54) is 19.1 Å². The van der Waals surface area contributed by atoms with Gasteiger partial charge in [0.2, 0.25) is 11.8 Å². The number of carbonyl (C=O) groups is 2. The molecule has 1 heterocycles. The third-order valence-electron chi connectivity index (χ3n) is 6.21. The van der Waals surface area contributed by atoms with Crippen LogP contribution < -0.4 is 15.4 Å². The Labute approximate surface area is 208 Å². The van der Waals surface area contributed by atoms with E-state index in [4.69, 9.17) is 4.74 Å². The summed E-state index contributed by atoms with van der Waals surface area (Å²) in [5.41, 5.74) is 1.82. The fourth-order valence-corrected chi connectivity index (χ4v) is 4.53. The third-order valence-corrected chi connectivity index (χ3v) is 6.21. The molecule has 3 rings (SSSR count). The molecule has 0 aliphatic carbocycles. The van der Waals surface area contributed by atoms with Gasteiger partial charge in [0.25, 0.3) is 0 Å². The Balaban J connectivity index is 1.63. The molecule has 0 bridgehead atoms. The van der Waals surface area contributed by atoms with Gasteiger partial charge in [-0.2, -0.15) is 0 Å². The highest BCUT2D eigenvalue weighted by molar-refractivity contribution is 5.83. The van der Waals surface area contributed by atoms with Crippen LogP contribution in [-0.2, 0) is 22.6 Å². The van der Waals surface area contributed by atoms with E-state index >= 15 is 0 Å². The van der Waals surface area contributed by atoms with Crippen molar-refractivity contribution in [1.82, 2.24) is 15.5 Å². The van der Waals surface area contributed by atoms with Crippen LogP contribution in [-0.4, -0.2) is 48.5 Å². The molecule has 0 saturated carbocycles. The van der Waals surface area contributed by atoms with E-state index in [0.29, 0.717) is 44.8 Å². The lowest BCUT2D eigenvalue weighted by atomic mass is 9.97. The van der Waals surface area contributed by atoms with Gasteiger partial charge in [0.05, 0.1) is 12.6 Å². The number of halogens is 1. The topological polar surface area (TPSA) is 70.7 Å². The van der Waals surface area contributed by atoms with Gasteiger partial charge in [-0.25, -0.2) is 4.39 Å². The number of hydrogen-bond donors (Lipinski definition) is 2. The third kappa shape index (κ3) is 8.98. The molecule has 2 amide bonds. The maximum atomic E-state index is 14.3. The van der Waals surface area contributed by atoms with Crippen molar-refractivity contribution < 1.29 is 18.7 Å². The van der Waals surface area contributed by atoms with Crippen LogP contribution in [0.5, 0.6) is 5.75 Å². The summed E-state index contributed by atoms with van der Waals surface area (Å²) < 4.78 is 20.1. The molecule has 190 valence electrons. The highest BCUT2D eigenvalue weighted by Crippen LogP contribution is 2.20. The molecule has 1 saturated heterocycles. The molecule has 2 N–H and O–H groups in total. The van der Waals surface area contributed by atoms with Crippen LogP contribution in [0.3, 0.4) is 0 Å². The van der Waals surface area contributed by atoms with Gasteiger partial charge in [0.1, 0.15) is 11.6 Å². The predicted molar refractivity (Wildman–Crippen MR) is 136 cm³/mol. The molecule has 6 nitrogen and oxygen atoms in total. The van der Waals surface area contributed by atoms with E-state index in [-0.39, 0.29) is 23.7 Å². The van der Waals surface area contributed by atoms with Crippen molar-refractivity contribution in [3.8, 4) is 5.75 Å². The first-order valence-electron chi connectivity index (χ1n) is 12.7. The average molecular weight is 484 g/mol. The van der Waals surface area contributed by atoms with Crippen LogP contribution in [0, 0.1) is 5.82 Å². The number of ether oxygens (including phenoxy) is 1. The van der Waals surface area contributed by atoms with Gasteiger partial charge in [-0.1, -0.05) is 56.5 Å². The normalized spacial score (nSPS) is 16.7. The molecule has 0 radical (unpaired) electrons. The molecule has 2 aromatic carbocycles. The predicted octanol–water partition coefficient (Wildman–Crippen LogP) is 4.22. The van der Waals surface area contributed by atoms with Crippen LogP contribution in [0.4, 0.5) is 4.39 Å². The molecular weight excluding hydrogens is 445 g/mol. The van der Waals surface area contributed by atoms with Crippen molar-refractivity contribution >= 4 is 11.8 Å². The summed E-state index contributed by atoms with van der Waals surface area (Å²) in [6.07, 6.45) is 5.17. The monoisotopic (exact) mass is 483 g/mol. The fourth-order valence-electron chi connectivity index (χ4n) is 4.53. The summed E-state index contributed by atoms with van der Waals surface area (Å²) in [6.45, 7) is 6.05. The van der Waals surface area contributed by atoms with Crippen molar-refractivity contribution in [3.05, 3.63) is 65.5 Å². The van der Waals surface area contributed by atoms with E-state index in [2.05, 4.69) is 17.6 Å². The van der Waals surface area contributed by atoms with E-state index in [1.807, 2.05) is 41.3 Å². The Hall–Kier alpha value is -2.93. The lowest BCUT2D eigenvalue weighted by Crippen LogP contribution is -2.56. The quantitative estimate of drug-likeness (QED) is 0.419. The number of rotatable bonds is 13. The highest BCUT2D eigenvalue weighted by atomic mass is 19.1. The van der Waals surface area contributed by atoms with Crippen molar-refractivity contribution in [2.45, 2.75) is 71.0 Å². The number of carbonyl (C=O) groups excluding carboxylic acids is 2.